The van der Waals surface area contributed by atoms with Crippen molar-refractivity contribution in [1.29, 1.82) is 0 Å². The number of methoxy groups -OCH3 is 1. The van der Waals surface area contributed by atoms with Crippen LogP contribution in [0.1, 0.15) is 12.0 Å². The predicted octanol–water partition coefficient (Wildman–Crippen LogP) is 1.79. The first-order valence-electron chi connectivity index (χ1n) is 6.96. The summed E-state index contributed by atoms with van der Waals surface area (Å²) in [5.41, 5.74) is -0.760. The number of nitrogens with zero attached hydrogens (tertiary/aromatic N) is 3. The van der Waals surface area contributed by atoms with E-state index in [1.54, 1.807) is 12.0 Å². The highest BCUT2D eigenvalue weighted by Crippen LogP contribution is 2.29. The molecule has 1 aliphatic heterocycles. The van der Waals surface area contributed by atoms with E-state index in [2.05, 4.69) is 4.98 Å². The van der Waals surface area contributed by atoms with Crippen LogP contribution in [-0.4, -0.2) is 55.7 Å². The van der Waals surface area contributed by atoms with Crippen molar-refractivity contribution in [1.82, 2.24) is 9.88 Å². The van der Waals surface area contributed by atoms with Crippen LogP contribution in [0.5, 0.6) is 0 Å². The summed E-state index contributed by atoms with van der Waals surface area (Å²) in [6.45, 7) is 2.56. The fourth-order valence-electron chi connectivity index (χ4n) is 2.27. The number of pyridine rings is 1. The number of amides is 1. The van der Waals surface area contributed by atoms with Gasteiger partial charge in [0.25, 0.3) is 0 Å². The van der Waals surface area contributed by atoms with E-state index in [1.807, 2.05) is 4.90 Å². The maximum atomic E-state index is 12.5. The predicted molar refractivity (Wildman–Crippen MR) is 74.5 cm³/mol. The maximum absolute atomic E-state index is 12.5. The topological polar surface area (TPSA) is 45.7 Å². The number of anilines is 1. The van der Waals surface area contributed by atoms with Crippen molar-refractivity contribution in [2.24, 2.45) is 0 Å². The molecule has 0 spiro atoms. The third kappa shape index (κ3) is 4.09. The third-order valence-electron chi connectivity index (χ3n) is 3.55. The standard InChI is InChI=1S/C14H18F3N3O2/c1-22-9-4-13(21)20-7-5-19(6-8-20)12-3-2-11(10-18-12)14(15,16)17/h2-3,10H,4-9H2,1H3. The van der Waals surface area contributed by atoms with Gasteiger partial charge in [-0.05, 0) is 12.1 Å². The first-order chi connectivity index (χ1) is 10.4. The van der Waals surface area contributed by atoms with Gasteiger partial charge in [-0.1, -0.05) is 0 Å². The Morgan fingerprint density at radius 1 is 1.27 bits per heavy atom. The third-order valence-corrected chi connectivity index (χ3v) is 3.55. The van der Waals surface area contributed by atoms with Gasteiger partial charge in [-0.25, -0.2) is 4.98 Å². The summed E-state index contributed by atoms with van der Waals surface area (Å²) in [6.07, 6.45) is -3.20. The Balaban J connectivity index is 1.90. The van der Waals surface area contributed by atoms with E-state index in [4.69, 9.17) is 4.74 Å². The summed E-state index contributed by atoms with van der Waals surface area (Å²) in [6, 6.07) is 2.39. The number of piperazine rings is 1. The Labute approximate surface area is 126 Å². The zero-order chi connectivity index (χ0) is 16.2. The lowest BCUT2D eigenvalue weighted by Crippen LogP contribution is -2.49. The fourth-order valence-corrected chi connectivity index (χ4v) is 2.27. The molecule has 0 atom stereocenters. The van der Waals surface area contributed by atoms with Crippen LogP contribution in [0.15, 0.2) is 18.3 Å². The van der Waals surface area contributed by atoms with Crippen LogP contribution in [0.3, 0.4) is 0 Å². The molecule has 1 fully saturated rings. The minimum Gasteiger partial charge on any atom is -0.384 e. The summed E-state index contributed by atoms with van der Waals surface area (Å²) in [7, 11) is 1.54. The molecule has 0 saturated carbocycles. The molecule has 0 N–H and O–H groups in total. The van der Waals surface area contributed by atoms with Gasteiger partial charge in [0.2, 0.25) is 5.91 Å². The van der Waals surface area contributed by atoms with Gasteiger partial charge >= 0.3 is 6.18 Å². The van der Waals surface area contributed by atoms with Gasteiger partial charge in [0, 0.05) is 39.5 Å². The molecule has 0 bridgehead atoms. The van der Waals surface area contributed by atoms with E-state index in [0.29, 0.717) is 45.0 Å². The normalized spacial score (nSPS) is 16.0. The number of rotatable bonds is 4. The molecule has 1 aliphatic rings. The van der Waals surface area contributed by atoms with Gasteiger partial charge in [-0.3, -0.25) is 4.79 Å². The molecule has 8 heteroatoms. The van der Waals surface area contributed by atoms with E-state index in [-0.39, 0.29) is 5.91 Å². The average molecular weight is 317 g/mol. The van der Waals surface area contributed by atoms with E-state index < -0.39 is 11.7 Å². The lowest BCUT2D eigenvalue weighted by molar-refractivity contribution is -0.138. The summed E-state index contributed by atoms with van der Waals surface area (Å²) >= 11 is 0. The number of halogens is 3. The zero-order valence-corrected chi connectivity index (χ0v) is 12.3. The van der Waals surface area contributed by atoms with Crippen LogP contribution in [0, 0.1) is 0 Å². The first kappa shape index (κ1) is 16.5. The largest absolute Gasteiger partial charge is 0.417 e. The molecular weight excluding hydrogens is 299 g/mol. The van der Waals surface area contributed by atoms with Crippen molar-refractivity contribution in [2.45, 2.75) is 12.6 Å². The number of ether oxygens (including phenoxy) is 1. The van der Waals surface area contributed by atoms with Crippen LogP contribution in [-0.2, 0) is 15.7 Å². The van der Waals surface area contributed by atoms with Gasteiger partial charge in [0.1, 0.15) is 5.82 Å². The minimum absolute atomic E-state index is 0.0295. The molecule has 1 aromatic heterocycles. The van der Waals surface area contributed by atoms with Crippen LogP contribution < -0.4 is 4.90 Å². The van der Waals surface area contributed by atoms with Gasteiger partial charge in [-0.2, -0.15) is 13.2 Å². The van der Waals surface area contributed by atoms with E-state index in [0.717, 1.165) is 12.3 Å². The van der Waals surface area contributed by atoms with Crippen molar-refractivity contribution in [3.05, 3.63) is 23.9 Å². The monoisotopic (exact) mass is 317 g/mol. The average Bonchev–Trinajstić information content (AvgIpc) is 2.52. The second kappa shape index (κ2) is 6.95. The summed E-state index contributed by atoms with van der Waals surface area (Å²) in [5.74, 6) is 0.527. The second-order valence-electron chi connectivity index (χ2n) is 5.01. The van der Waals surface area contributed by atoms with Crippen LogP contribution >= 0.6 is 0 Å². The first-order valence-corrected chi connectivity index (χ1v) is 6.96. The Hall–Kier alpha value is -1.83. The van der Waals surface area contributed by atoms with Gasteiger partial charge in [0.15, 0.2) is 0 Å². The molecule has 1 amide bonds. The molecular formula is C14H18F3N3O2. The van der Waals surface area contributed by atoms with E-state index >= 15 is 0 Å². The molecule has 5 nitrogen and oxygen atoms in total. The number of carbonyl (C=O) groups excluding carboxylic acids is 1. The molecule has 0 aromatic carbocycles. The smallest absolute Gasteiger partial charge is 0.384 e. The van der Waals surface area contributed by atoms with E-state index in [1.165, 1.54) is 6.07 Å². The van der Waals surface area contributed by atoms with Gasteiger partial charge in [-0.15, -0.1) is 0 Å². The highest BCUT2D eigenvalue weighted by molar-refractivity contribution is 5.76. The van der Waals surface area contributed by atoms with Crippen molar-refractivity contribution >= 4 is 11.7 Å². The van der Waals surface area contributed by atoms with Crippen molar-refractivity contribution < 1.29 is 22.7 Å². The number of carbonyl (C=O) groups is 1. The minimum atomic E-state index is -4.38. The van der Waals surface area contributed by atoms with Crippen LogP contribution in [0.4, 0.5) is 19.0 Å². The molecule has 1 saturated heterocycles. The van der Waals surface area contributed by atoms with Crippen LogP contribution in [0.25, 0.3) is 0 Å². The molecule has 22 heavy (non-hydrogen) atoms. The highest BCUT2D eigenvalue weighted by Gasteiger charge is 2.31. The Kier molecular flexibility index (Phi) is 5.23. The summed E-state index contributed by atoms with van der Waals surface area (Å²) < 4.78 is 42.4. The lowest BCUT2D eigenvalue weighted by atomic mass is 10.2. The summed E-state index contributed by atoms with van der Waals surface area (Å²) in [4.78, 5) is 19.3. The molecule has 2 rings (SSSR count). The van der Waals surface area contributed by atoms with Gasteiger partial charge in [0.05, 0.1) is 18.6 Å². The molecule has 2 heterocycles. The van der Waals surface area contributed by atoms with Crippen molar-refractivity contribution in [3.63, 3.8) is 0 Å². The number of hydrogen-bond donors (Lipinski definition) is 0. The fraction of sp³-hybridized carbons (Fsp3) is 0.571. The van der Waals surface area contributed by atoms with E-state index in [9.17, 15) is 18.0 Å². The highest BCUT2D eigenvalue weighted by atomic mass is 19.4. The van der Waals surface area contributed by atoms with Crippen LogP contribution in [0.2, 0.25) is 0 Å². The Bertz CT molecular complexity index is 497. The zero-order valence-electron chi connectivity index (χ0n) is 12.3. The molecule has 0 unspecified atom stereocenters. The number of hydrogen-bond acceptors (Lipinski definition) is 4. The summed E-state index contributed by atoms with van der Waals surface area (Å²) in [5, 5.41) is 0. The van der Waals surface area contributed by atoms with Crippen molar-refractivity contribution in [3.8, 4) is 0 Å². The molecule has 0 radical (unpaired) electrons. The number of aromatic nitrogens is 1. The molecule has 122 valence electrons. The SMILES string of the molecule is COCCC(=O)N1CCN(c2ccc(C(F)(F)F)cn2)CC1. The Morgan fingerprint density at radius 3 is 2.45 bits per heavy atom. The number of alkyl halides is 3. The molecule has 0 aliphatic carbocycles. The Morgan fingerprint density at radius 2 is 1.95 bits per heavy atom. The molecule has 1 aromatic rings. The van der Waals surface area contributed by atoms with Crippen molar-refractivity contribution in [2.75, 3.05) is 44.8 Å². The van der Waals surface area contributed by atoms with Gasteiger partial charge < -0.3 is 14.5 Å². The second-order valence-corrected chi connectivity index (χ2v) is 5.01. The lowest BCUT2D eigenvalue weighted by Gasteiger charge is -2.35. The quantitative estimate of drug-likeness (QED) is 0.849. The maximum Gasteiger partial charge on any atom is 0.417 e.